The largest absolute Gasteiger partial charge is 0.339 e. The molecule has 1 saturated heterocycles. The summed E-state index contributed by atoms with van der Waals surface area (Å²) >= 11 is 1.89. The van der Waals surface area contributed by atoms with E-state index in [1.165, 1.54) is 31.4 Å². The Morgan fingerprint density at radius 1 is 1.37 bits per heavy atom. The first-order valence-electron chi connectivity index (χ1n) is 7.36. The fraction of sp³-hybridized carbons (Fsp3) is 0.667. The average Bonchev–Trinajstić information content (AvgIpc) is 3.03. The van der Waals surface area contributed by atoms with E-state index in [4.69, 9.17) is 0 Å². The van der Waals surface area contributed by atoms with E-state index in [9.17, 15) is 4.79 Å². The van der Waals surface area contributed by atoms with Crippen molar-refractivity contribution in [1.82, 2.24) is 9.80 Å². The lowest BCUT2D eigenvalue weighted by molar-refractivity contribution is -0.139. The van der Waals surface area contributed by atoms with Crippen molar-refractivity contribution in [2.24, 2.45) is 5.92 Å². The van der Waals surface area contributed by atoms with E-state index in [2.05, 4.69) is 21.2 Å². The summed E-state index contributed by atoms with van der Waals surface area (Å²) in [6.07, 6.45) is 4.55. The topological polar surface area (TPSA) is 23.6 Å². The predicted octanol–water partition coefficient (Wildman–Crippen LogP) is 2.12. The van der Waals surface area contributed by atoms with Gasteiger partial charge in [0.05, 0.1) is 0 Å². The van der Waals surface area contributed by atoms with Gasteiger partial charge in [-0.25, -0.2) is 0 Å². The molecular formula is C15H20N2OS. The molecule has 0 unspecified atom stereocenters. The summed E-state index contributed by atoms with van der Waals surface area (Å²) in [5.41, 5.74) is 1.51. The van der Waals surface area contributed by atoms with E-state index in [-0.39, 0.29) is 0 Å². The first-order chi connectivity index (χ1) is 9.29. The van der Waals surface area contributed by atoms with Crippen LogP contribution in [0.2, 0.25) is 0 Å². The molecule has 4 rings (SSSR count). The van der Waals surface area contributed by atoms with Crippen molar-refractivity contribution in [2.45, 2.75) is 38.3 Å². The molecule has 4 heteroatoms. The van der Waals surface area contributed by atoms with Gasteiger partial charge in [0.1, 0.15) is 0 Å². The Balaban J connectivity index is 1.30. The molecule has 3 nitrogen and oxygen atoms in total. The monoisotopic (exact) mass is 276 g/mol. The van der Waals surface area contributed by atoms with E-state index >= 15 is 0 Å². The number of carbonyl (C=O) groups is 1. The van der Waals surface area contributed by atoms with Crippen molar-refractivity contribution in [3.05, 3.63) is 21.9 Å². The molecule has 2 aliphatic heterocycles. The fourth-order valence-corrected chi connectivity index (χ4v) is 4.06. The molecule has 19 heavy (non-hydrogen) atoms. The van der Waals surface area contributed by atoms with Crippen LogP contribution in [0, 0.1) is 5.92 Å². The van der Waals surface area contributed by atoms with Crippen molar-refractivity contribution in [2.75, 3.05) is 19.6 Å². The minimum absolute atomic E-state index is 0.395. The number of hydrogen-bond acceptors (Lipinski definition) is 3. The Labute approximate surface area is 118 Å². The summed E-state index contributed by atoms with van der Waals surface area (Å²) in [7, 11) is 0. The normalized spacial score (nSPS) is 24.1. The molecule has 3 aliphatic rings. The number of thiophene rings is 1. The lowest BCUT2D eigenvalue weighted by Crippen LogP contribution is -2.61. The van der Waals surface area contributed by atoms with Crippen LogP contribution in [-0.2, 0) is 17.8 Å². The van der Waals surface area contributed by atoms with Gasteiger partial charge in [-0.1, -0.05) is 0 Å². The third-order valence-electron chi connectivity index (χ3n) is 4.73. The highest BCUT2D eigenvalue weighted by molar-refractivity contribution is 7.10. The third-order valence-corrected chi connectivity index (χ3v) is 5.75. The van der Waals surface area contributed by atoms with Crippen molar-refractivity contribution in [3.8, 4) is 0 Å². The number of fused-ring (bicyclic) bond motifs is 1. The highest BCUT2D eigenvalue weighted by atomic mass is 32.1. The maximum atomic E-state index is 12.0. The molecule has 0 bridgehead atoms. The van der Waals surface area contributed by atoms with Gasteiger partial charge in [0, 0.05) is 43.5 Å². The molecule has 0 N–H and O–H groups in total. The summed E-state index contributed by atoms with van der Waals surface area (Å²) in [6, 6.07) is 2.87. The number of hydrogen-bond donors (Lipinski definition) is 0. The Bertz CT molecular complexity index is 488. The molecule has 1 aromatic heterocycles. The number of likely N-dealkylation sites (tertiary alicyclic amines) is 1. The maximum Gasteiger partial charge on any atom is 0.222 e. The van der Waals surface area contributed by atoms with Gasteiger partial charge in [-0.2, -0.15) is 0 Å². The van der Waals surface area contributed by atoms with Crippen molar-refractivity contribution in [3.63, 3.8) is 0 Å². The second-order valence-electron chi connectivity index (χ2n) is 6.19. The van der Waals surface area contributed by atoms with Gasteiger partial charge in [0.25, 0.3) is 0 Å². The fourth-order valence-electron chi connectivity index (χ4n) is 3.17. The Morgan fingerprint density at radius 2 is 2.21 bits per heavy atom. The number of amides is 1. The number of carbonyl (C=O) groups excluding carboxylic acids is 1. The standard InChI is InChI=1S/C15H20N2OS/c18-15(7-11-1-2-11)17-9-13(10-17)16-5-3-14-12(8-16)4-6-19-14/h4,6,11,13H,1-3,5,7-10H2. The van der Waals surface area contributed by atoms with E-state index in [1.807, 2.05) is 11.3 Å². The number of rotatable bonds is 3. The van der Waals surface area contributed by atoms with Gasteiger partial charge in [-0.3, -0.25) is 9.69 Å². The SMILES string of the molecule is O=C(CC1CC1)N1CC(N2CCc3sccc3C2)C1. The van der Waals surface area contributed by atoms with Gasteiger partial charge in [-0.05, 0) is 42.2 Å². The predicted molar refractivity (Wildman–Crippen MR) is 76.1 cm³/mol. The number of nitrogens with zero attached hydrogens (tertiary/aromatic N) is 2. The third kappa shape index (κ3) is 2.32. The van der Waals surface area contributed by atoms with E-state index in [0.717, 1.165) is 32.0 Å². The highest BCUT2D eigenvalue weighted by Gasteiger charge is 2.37. The molecule has 1 amide bonds. The van der Waals surface area contributed by atoms with Gasteiger partial charge in [0.15, 0.2) is 0 Å². The Morgan fingerprint density at radius 3 is 3.00 bits per heavy atom. The van der Waals surface area contributed by atoms with Crippen molar-refractivity contribution >= 4 is 17.2 Å². The molecule has 1 aliphatic carbocycles. The zero-order valence-corrected chi connectivity index (χ0v) is 12.0. The molecule has 0 atom stereocenters. The maximum absolute atomic E-state index is 12.0. The van der Waals surface area contributed by atoms with E-state index < -0.39 is 0 Å². The molecule has 102 valence electrons. The quantitative estimate of drug-likeness (QED) is 0.844. The van der Waals surface area contributed by atoms with Crippen molar-refractivity contribution in [1.29, 1.82) is 0 Å². The van der Waals surface area contributed by atoms with E-state index in [1.54, 1.807) is 4.88 Å². The highest BCUT2D eigenvalue weighted by Crippen LogP contribution is 2.34. The molecule has 0 radical (unpaired) electrons. The summed E-state index contributed by atoms with van der Waals surface area (Å²) in [5, 5.41) is 2.21. The summed E-state index contributed by atoms with van der Waals surface area (Å²) in [5.74, 6) is 1.11. The summed E-state index contributed by atoms with van der Waals surface area (Å²) in [6.45, 7) is 4.19. The van der Waals surface area contributed by atoms with Crippen molar-refractivity contribution < 1.29 is 4.79 Å². The zero-order chi connectivity index (χ0) is 12.8. The zero-order valence-electron chi connectivity index (χ0n) is 11.2. The van der Waals surface area contributed by atoms with Crippen LogP contribution in [0.25, 0.3) is 0 Å². The smallest absolute Gasteiger partial charge is 0.222 e. The first-order valence-corrected chi connectivity index (χ1v) is 8.24. The van der Waals surface area contributed by atoms with Crippen LogP contribution in [0.15, 0.2) is 11.4 Å². The van der Waals surface area contributed by atoms with Crippen LogP contribution in [0.5, 0.6) is 0 Å². The van der Waals surface area contributed by atoms with Gasteiger partial charge >= 0.3 is 0 Å². The molecule has 1 saturated carbocycles. The molecule has 0 aromatic carbocycles. The second kappa shape index (κ2) is 4.60. The minimum Gasteiger partial charge on any atom is -0.339 e. The van der Waals surface area contributed by atoms with Gasteiger partial charge in [-0.15, -0.1) is 11.3 Å². The van der Waals surface area contributed by atoms with Crippen LogP contribution in [0.4, 0.5) is 0 Å². The molecule has 1 aromatic rings. The lowest BCUT2D eigenvalue weighted by Gasteiger charge is -2.46. The first kappa shape index (κ1) is 11.9. The van der Waals surface area contributed by atoms with Crippen LogP contribution in [0.1, 0.15) is 29.7 Å². The second-order valence-corrected chi connectivity index (χ2v) is 7.19. The molecular weight excluding hydrogens is 256 g/mol. The summed E-state index contributed by atoms with van der Waals surface area (Å²) in [4.78, 5) is 18.2. The van der Waals surface area contributed by atoms with Crippen LogP contribution in [-0.4, -0.2) is 41.4 Å². The van der Waals surface area contributed by atoms with Crippen LogP contribution < -0.4 is 0 Å². The van der Waals surface area contributed by atoms with Crippen LogP contribution >= 0.6 is 11.3 Å². The summed E-state index contributed by atoms with van der Waals surface area (Å²) < 4.78 is 0. The Hall–Kier alpha value is -0.870. The minimum atomic E-state index is 0.395. The van der Waals surface area contributed by atoms with Crippen LogP contribution in [0.3, 0.4) is 0 Å². The van der Waals surface area contributed by atoms with Gasteiger partial charge < -0.3 is 4.90 Å². The lowest BCUT2D eigenvalue weighted by atomic mass is 10.0. The Kier molecular flexibility index (Phi) is 2.88. The van der Waals surface area contributed by atoms with Gasteiger partial charge in [0.2, 0.25) is 5.91 Å². The molecule has 0 spiro atoms. The molecule has 2 fully saturated rings. The van der Waals surface area contributed by atoms with E-state index in [0.29, 0.717) is 11.9 Å². The average molecular weight is 276 g/mol. The molecule has 3 heterocycles.